The Morgan fingerprint density at radius 2 is 2.33 bits per heavy atom. The van der Waals surface area contributed by atoms with Gasteiger partial charge in [0.1, 0.15) is 0 Å². The van der Waals surface area contributed by atoms with Gasteiger partial charge in [-0.15, -0.1) is 0 Å². The van der Waals surface area contributed by atoms with Gasteiger partial charge >= 0.3 is 0 Å². The lowest BCUT2D eigenvalue weighted by Crippen LogP contribution is -2.43. The summed E-state index contributed by atoms with van der Waals surface area (Å²) in [6.45, 7) is 3.97. The van der Waals surface area contributed by atoms with Gasteiger partial charge in [0.25, 0.3) is 0 Å². The Morgan fingerprint density at radius 1 is 1.67 bits per heavy atom. The first-order chi connectivity index (χ1) is 5.57. The maximum absolute atomic E-state index is 11.3. The number of carbonyl (C=O) groups excluding carboxylic acids is 1. The van der Waals surface area contributed by atoms with Crippen LogP contribution in [-0.2, 0) is 4.79 Å². The van der Waals surface area contributed by atoms with Crippen molar-refractivity contribution in [2.45, 2.75) is 45.1 Å². The highest BCUT2D eigenvalue weighted by molar-refractivity contribution is 5.96. The van der Waals surface area contributed by atoms with E-state index in [0.717, 1.165) is 24.8 Å². The number of nitrogens with two attached hydrogens (primary N) is 1. The van der Waals surface area contributed by atoms with Crippen molar-refractivity contribution in [2.75, 3.05) is 0 Å². The molecule has 0 bridgehead atoms. The summed E-state index contributed by atoms with van der Waals surface area (Å²) >= 11 is 0. The molecule has 0 aromatic carbocycles. The van der Waals surface area contributed by atoms with Crippen LogP contribution in [0.2, 0.25) is 0 Å². The van der Waals surface area contributed by atoms with Crippen LogP contribution in [0.4, 0.5) is 0 Å². The monoisotopic (exact) mass is 167 g/mol. The van der Waals surface area contributed by atoms with Crippen LogP contribution in [0.5, 0.6) is 0 Å². The predicted octanol–water partition coefficient (Wildman–Crippen LogP) is 1.79. The van der Waals surface area contributed by atoms with Crippen LogP contribution in [0.3, 0.4) is 0 Å². The topological polar surface area (TPSA) is 43.1 Å². The summed E-state index contributed by atoms with van der Waals surface area (Å²) in [5.41, 5.74) is 6.69. The first kappa shape index (κ1) is 9.46. The molecule has 0 saturated carbocycles. The van der Waals surface area contributed by atoms with Crippen molar-refractivity contribution < 1.29 is 4.79 Å². The molecule has 0 saturated heterocycles. The summed E-state index contributed by atoms with van der Waals surface area (Å²) in [5.74, 6) is 0.220. The molecule has 68 valence electrons. The molecule has 0 aromatic heterocycles. The van der Waals surface area contributed by atoms with Crippen LogP contribution in [0.25, 0.3) is 0 Å². The van der Waals surface area contributed by atoms with Crippen molar-refractivity contribution in [2.24, 2.45) is 5.73 Å². The maximum atomic E-state index is 11.3. The third-order valence-electron chi connectivity index (χ3n) is 2.52. The van der Waals surface area contributed by atoms with Gasteiger partial charge in [0.15, 0.2) is 5.78 Å². The SMILES string of the molecule is CCCC1(N)CC=C(C)C(=O)C1. The first-order valence-corrected chi connectivity index (χ1v) is 4.56. The summed E-state index contributed by atoms with van der Waals surface area (Å²) in [6, 6.07) is 0. The number of carbonyl (C=O) groups is 1. The second kappa shape index (κ2) is 3.40. The molecule has 0 fully saturated rings. The second-order valence-electron chi connectivity index (χ2n) is 3.80. The van der Waals surface area contributed by atoms with Gasteiger partial charge in [0, 0.05) is 12.0 Å². The van der Waals surface area contributed by atoms with E-state index in [2.05, 4.69) is 6.92 Å². The molecule has 0 amide bonds. The molecule has 1 aliphatic rings. The normalized spacial score (nSPS) is 30.2. The van der Waals surface area contributed by atoms with Crippen LogP contribution in [-0.4, -0.2) is 11.3 Å². The summed E-state index contributed by atoms with van der Waals surface area (Å²) in [7, 11) is 0. The minimum Gasteiger partial charge on any atom is -0.324 e. The molecule has 12 heavy (non-hydrogen) atoms. The highest BCUT2D eigenvalue weighted by atomic mass is 16.1. The third kappa shape index (κ3) is 1.95. The summed E-state index contributed by atoms with van der Waals surface area (Å²) in [6.07, 6.45) is 5.36. The van der Waals surface area contributed by atoms with E-state index in [1.165, 1.54) is 0 Å². The van der Waals surface area contributed by atoms with Gasteiger partial charge < -0.3 is 5.73 Å². The molecule has 0 spiro atoms. The lowest BCUT2D eigenvalue weighted by atomic mass is 9.80. The molecule has 1 unspecified atom stereocenters. The molecule has 1 aliphatic carbocycles. The van der Waals surface area contributed by atoms with Crippen molar-refractivity contribution in [1.82, 2.24) is 0 Å². The number of Topliss-reactive ketones (excluding diaryl/α,β-unsaturated/α-hetero) is 1. The number of allylic oxidation sites excluding steroid dienone is 1. The van der Waals surface area contributed by atoms with E-state index < -0.39 is 0 Å². The minimum atomic E-state index is -0.245. The molecule has 2 heteroatoms. The Morgan fingerprint density at radius 3 is 2.83 bits per heavy atom. The van der Waals surface area contributed by atoms with Crippen molar-refractivity contribution in [3.8, 4) is 0 Å². The largest absolute Gasteiger partial charge is 0.324 e. The fourth-order valence-corrected chi connectivity index (χ4v) is 1.69. The van der Waals surface area contributed by atoms with Crippen LogP contribution < -0.4 is 5.73 Å². The van der Waals surface area contributed by atoms with Gasteiger partial charge in [-0.2, -0.15) is 0 Å². The summed E-state index contributed by atoms with van der Waals surface area (Å²) < 4.78 is 0. The zero-order valence-electron chi connectivity index (χ0n) is 7.89. The standard InChI is InChI=1S/C10H17NO/c1-3-5-10(11)6-4-8(2)9(12)7-10/h4H,3,5-7,11H2,1-2H3. The molecular formula is C10H17NO. The fraction of sp³-hybridized carbons (Fsp3) is 0.700. The van der Waals surface area contributed by atoms with Crippen LogP contribution in [0.1, 0.15) is 39.5 Å². The van der Waals surface area contributed by atoms with Gasteiger partial charge in [-0.25, -0.2) is 0 Å². The number of hydrogen-bond acceptors (Lipinski definition) is 2. The van der Waals surface area contributed by atoms with E-state index in [0.29, 0.717) is 6.42 Å². The quantitative estimate of drug-likeness (QED) is 0.681. The zero-order valence-corrected chi connectivity index (χ0v) is 7.89. The van der Waals surface area contributed by atoms with Gasteiger partial charge in [-0.1, -0.05) is 19.4 Å². The molecule has 2 nitrogen and oxygen atoms in total. The molecule has 0 radical (unpaired) electrons. The average molecular weight is 167 g/mol. The highest BCUT2D eigenvalue weighted by Gasteiger charge is 2.29. The van der Waals surface area contributed by atoms with E-state index in [9.17, 15) is 4.79 Å². The smallest absolute Gasteiger partial charge is 0.160 e. The maximum Gasteiger partial charge on any atom is 0.160 e. The molecule has 2 N–H and O–H groups in total. The molecule has 0 aliphatic heterocycles. The highest BCUT2D eigenvalue weighted by Crippen LogP contribution is 2.26. The lowest BCUT2D eigenvalue weighted by molar-refractivity contribution is -0.117. The van der Waals surface area contributed by atoms with E-state index in [1.807, 2.05) is 13.0 Å². The van der Waals surface area contributed by atoms with Gasteiger partial charge in [0.2, 0.25) is 0 Å². The minimum absolute atomic E-state index is 0.220. The van der Waals surface area contributed by atoms with Crippen LogP contribution in [0, 0.1) is 0 Å². The van der Waals surface area contributed by atoms with Gasteiger partial charge in [0.05, 0.1) is 0 Å². The summed E-state index contributed by atoms with van der Waals surface area (Å²) in [4.78, 5) is 11.3. The van der Waals surface area contributed by atoms with Crippen molar-refractivity contribution in [1.29, 1.82) is 0 Å². The van der Waals surface area contributed by atoms with Crippen molar-refractivity contribution in [3.63, 3.8) is 0 Å². The predicted molar refractivity (Wildman–Crippen MR) is 49.8 cm³/mol. The Kier molecular flexibility index (Phi) is 2.68. The van der Waals surface area contributed by atoms with E-state index in [1.54, 1.807) is 0 Å². The van der Waals surface area contributed by atoms with Gasteiger partial charge in [-0.3, -0.25) is 4.79 Å². The molecule has 1 rings (SSSR count). The van der Waals surface area contributed by atoms with E-state index in [-0.39, 0.29) is 11.3 Å². The first-order valence-electron chi connectivity index (χ1n) is 4.56. The second-order valence-corrected chi connectivity index (χ2v) is 3.80. The van der Waals surface area contributed by atoms with E-state index in [4.69, 9.17) is 5.73 Å². The Balaban J connectivity index is 2.68. The molecular weight excluding hydrogens is 150 g/mol. The van der Waals surface area contributed by atoms with Crippen molar-refractivity contribution in [3.05, 3.63) is 11.6 Å². The molecule has 0 heterocycles. The molecule has 1 atom stereocenters. The number of ketones is 1. The number of hydrogen-bond donors (Lipinski definition) is 1. The molecule has 0 aromatic rings. The van der Waals surface area contributed by atoms with Crippen molar-refractivity contribution >= 4 is 5.78 Å². The van der Waals surface area contributed by atoms with Crippen LogP contribution in [0.15, 0.2) is 11.6 Å². The number of rotatable bonds is 2. The zero-order chi connectivity index (χ0) is 9.19. The van der Waals surface area contributed by atoms with E-state index >= 15 is 0 Å². The lowest BCUT2D eigenvalue weighted by Gasteiger charge is -2.30. The fourth-order valence-electron chi connectivity index (χ4n) is 1.69. The summed E-state index contributed by atoms with van der Waals surface area (Å²) in [5, 5.41) is 0. The average Bonchev–Trinajstić information content (AvgIpc) is 1.98. The Labute approximate surface area is 73.8 Å². The van der Waals surface area contributed by atoms with Gasteiger partial charge in [-0.05, 0) is 25.3 Å². The Bertz CT molecular complexity index is 220. The Hall–Kier alpha value is -0.630. The van der Waals surface area contributed by atoms with Crippen LogP contribution >= 0.6 is 0 Å². The third-order valence-corrected chi connectivity index (χ3v) is 2.52.